The summed E-state index contributed by atoms with van der Waals surface area (Å²) in [6.07, 6.45) is 8.38. The van der Waals surface area contributed by atoms with Gasteiger partial charge in [0.25, 0.3) is 0 Å². The molecule has 0 spiro atoms. The molecule has 1 N–H and O–H groups in total. The first-order valence-corrected chi connectivity index (χ1v) is 13.0. The summed E-state index contributed by atoms with van der Waals surface area (Å²) < 4.78 is 6.11. The Labute approximate surface area is 187 Å². The SMILES string of the molecule is C[C@H]1CO[C@H]([C@@H](C)[C@H]2CC[C@H]3[C@@H]4CC[C@H]5C(=O)[C@@H](O)CC[C@]5(C)[C@H]4CC[C@]23C)C(=O)C1. The molecule has 4 heteroatoms. The Morgan fingerprint density at radius 2 is 1.68 bits per heavy atom. The third-order valence-electron chi connectivity index (χ3n) is 11.1. The molecule has 4 nitrogen and oxygen atoms in total. The first kappa shape index (κ1) is 22.1. The van der Waals surface area contributed by atoms with Crippen LogP contribution in [0.15, 0.2) is 0 Å². The van der Waals surface area contributed by atoms with E-state index in [9.17, 15) is 14.7 Å². The number of aliphatic hydroxyl groups is 1. The molecule has 0 bridgehead atoms. The van der Waals surface area contributed by atoms with Crippen LogP contribution in [0.1, 0.15) is 85.5 Å². The van der Waals surface area contributed by atoms with Crippen molar-refractivity contribution in [2.45, 2.75) is 97.7 Å². The van der Waals surface area contributed by atoms with E-state index in [2.05, 4.69) is 27.7 Å². The molecule has 0 amide bonds. The first-order chi connectivity index (χ1) is 14.7. The van der Waals surface area contributed by atoms with E-state index < -0.39 is 6.10 Å². The Morgan fingerprint density at radius 3 is 2.42 bits per heavy atom. The molecule has 5 fully saturated rings. The maximum Gasteiger partial charge on any atom is 0.164 e. The fraction of sp³-hybridized carbons (Fsp3) is 0.926. The minimum atomic E-state index is -0.726. The predicted molar refractivity (Wildman–Crippen MR) is 119 cm³/mol. The number of hydrogen-bond donors (Lipinski definition) is 1. The van der Waals surface area contributed by atoms with Gasteiger partial charge in [0, 0.05) is 12.3 Å². The molecule has 4 saturated carbocycles. The second kappa shape index (κ2) is 7.65. The highest BCUT2D eigenvalue weighted by Crippen LogP contribution is 2.68. The average Bonchev–Trinajstić information content (AvgIpc) is 3.08. The number of aliphatic hydroxyl groups excluding tert-OH is 1. The fourth-order valence-electron chi connectivity index (χ4n) is 9.54. The van der Waals surface area contributed by atoms with Crippen LogP contribution < -0.4 is 0 Å². The van der Waals surface area contributed by atoms with Gasteiger partial charge in [-0.1, -0.05) is 27.7 Å². The summed E-state index contributed by atoms with van der Waals surface area (Å²) in [4.78, 5) is 25.6. The van der Waals surface area contributed by atoms with Crippen molar-refractivity contribution in [2.75, 3.05) is 6.61 Å². The van der Waals surface area contributed by atoms with Gasteiger partial charge in [0.1, 0.15) is 12.2 Å². The van der Waals surface area contributed by atoms with Crippen LogP contribution in [0.5, 0.6) is 0 Å². The van der Waals surface area contributed by atoms with Gasteiger partial charge >= 0.3 is 0 Å². The number of ether oxygens (including phenoxy) is 1. The fourth-order valence-corrected chi connectivity index (χ4v) is 9.54. The molecule has 31 heavy (non-hydrogen) atoms. The number of fused-ring (bicyclic) bond motifs is 5. The number of carbonyl (C=O) groups is 2. The van der Waals surface area contributed by atoms with Crippen LogP contribution in [-0.2, 0) is 14.3 Å². The molecular formula is C27H42O4. The molecule has 11 atom stereocenters. The Hall–Kier alpha value is -0.740. The van der Waals surface area contributed by atoms with Crippen LogP contribution in [0, 0.1) is 52.3 Å². The molecule has 1 aliphatic heterocycles. The molecule has 1 saturated heterocycles. The van der Waals surface area contributed by atoms with Gasteiger partial charge < -0.3 is 9.84 Å². The molecule has 174 valence electrons. The van der Waals surface area contributed by atoms with E-state index in [1.54, 1.807) is 0 Å². The van der Waals surface area contributed by atoms with Crippen molar-refractivity contribution in [3.63, 3.8) is 0 Å². The summed E-state index contributed by atoms with van der Waals surface area (Å²) in [5.74, 6) is 3.73. The van der Waals surface area contributed by atoms with Crippen LogP contribution in [0.3, 0.4) is 0 Å². The first-order valence-electron chi connectivity index (χ1n) is 13.0. The lowest BCUT2D eigenvalue weighted by Crippen LogP contribution is -2.57. The zero-order valence-corrected chi connectivity index (χ0v) is 19.9. The lowest BCUT2D eigenvalue weighted by atomic mass is 9.44. The molecule has 0 aromatic carbocycles. The van der Waals surface area contributed by atoms with E-state index in [0.717, 1.165) is 25.9 Å². The van der Waals surface area contributed by atoms with Gasteiger partial charge in [-0.15, -0.1) is 0 Å². The zero-order valence-electron chi connectivity index (χ0n) is 19.9. The predicted octanol–water partition coefficient (Wildman–Crippen LogP) is 4.82. The number of hydrogen-bond acceptors (Lipinski definition) is 4. The summed E-state index contributed by atoms with van der Waals surface area (Å²) >= 11 is 0. The van der Waals surface area contributed by atoms with E-state index in [4.69, 9.17) is 4.74 Å². The van der Waals surface area contributed by atoms with Crippen molar-refractivity contribution in [3.05, 3.63) is 0 Å². The monoisotopic (exact) mass is 430 g/mol. The van der Waals surface area contributed by atoms with Crippen molar-refractivity contribution in [2.24, 2.45) is 52.3 Å². The summed E-state index contributed by atoms with van der Waals surface area (Å²) in [6, 6.07) is 0. The Bertz CT molecular complexity index is 748. The van der Waals surface area contributed by atoms with Gasteiger partial charge in [0.05, 0.1) is 6.61 Å². The molecule has 0 aromatic heterocycles. The molecule has 4 aliphatic carbocycles. The van der Waals surface area contributed by atoms with Crippen LogP contribution in [0.2, 0.25) is 0 Å². The maximum absolute atomic E-state index is 12.8. The highest BCUT2D eigenvalue weighted by Gasteiger charge is 2.62. The van der Waals surface area contributed by atoms with Crippen molar-refractivity contribution in [1.82, 2.24) is 0 Å². The molecule has 5 aliphatic rings. The summed E-state index contributed by atoms with van der Waals surface area (Å²) in [5.41, 5.74) is 0.359. The van der Waals surface area contributed by atoms with Crippen LogP contribution in [-0.4, -0.2) is 35.5 Å². The Kier molecular flexibility index (Phi) is 5.45. The largest absolute Gasteiger partial charge is 0.385 e. The van der Waals surface area contributed by atoms with Gasteiger partial charge in [-0.2, -0.15) is 0 Å². The Morgan fingerprint density at radius 1 is 0.968 bits per heavy atom. The van der Waals surface area contributed by atoms with E-state index in [0.29, 0.717) is 54.1 Å². The van der Waals surface area contributed by atoms with Crippen molar-refractivity contribution in [3.8, 4) is 0 Å². The number of Topliss-reactive ketones (excluding diaryl/α,β-unsaturated/α-hetero) is 2. The second-order valence-corrected chi connectivity index (χ2v) is 12.6. The van der Waals surface area contributed by atoms with E-state index in [-0.39, 0.29) is 28.6 Å². The highest BCUT2D eigenvalue weighted by molar-refractivity contribution is 5.87. The van der Waals surface area contributed by atoms with Gasteiger partial charge in [0.2, 0.25) is 0 Å². The molecule has 1 heterocycles. The summed E-state index contributed by atoms with van der Waals surface area (Å²) in [5, 5.41) is 10.2. The molecule has 0 aromatic rings. The van der Waals surface area contributed by atoms with Crippen LogP contribution >= 0.6 is 0 Å². The number of carbonyl (C=O) groups excluding carboxylic acids is 2. The third-order valence-corrected chi connectivity index (χ3v) is 11.1. The highest BCUT2D eigenvalue weighted by atomic mass is 16.5. The van der Waals surface area contributed by atoms with Gasteiger partial charge in [0.15, 0.2) is 11.6 Å². The second-order valence-electron chi connectivity index (χ2n) is 12.6. The van der Waals surface area contributed by atoms with Crippen LogP contribution in [0.4, 0.5) is 0 Å². The summed E-state index contributed by atoms with van der Waals surface area (Å²) in [7, 11) is 0. The minimum Gasteiger partial charge on any atom is -0.385 e. The van der Waals surface area contributed by atoms with E-state index in [1.165, 1.54) is 25.7 Å². The maximum atomic E-state index is 12.8. The smallest absolute Gasteiger partial charge is 0.164 e. The van der Waals surface area contributed by atoms with Gasteiger partial charge in [-0.25, -0.2) is 0 Å². The average molecular weight is 431 g/mol. The van der Waals surface area contributed by atoms with Crippen LogP contribution in [0.25, 0.3) is 0 Å². The molecule has 0 radical (unpaired) electrons. The quantitative estimate of drug-likeness (QED) is 0.682. The topological polar surface area (TPSA) is 63.6 Å². The van der Waals surface area contributed by atoms with Crippen molar-refractivity contribution >= 4 is 11.6 Å². The number of ketones is 2. The molecule has 5 rings (SSSR count). The van der Waals surface area contributed by atoms with Crippen molar-refractivity contribution < 1.29 is 19.4 Å². The van der Waals surface area contributed by atoms with Gasteiger partial charge in [-0.3, -0.25) is 9.59 Å². The number of rotatable bonds is 2. The minimum absolute atomic E-state index is 0.0632. The molecule has 0 unspecified atom stereocenters. The summed E-state index contributed by atoms with van der Waals surface area (Å²) in [6.45, 7) is 9.99. The third kappa shape index (κ3) is 3.21. The van der Waals surface area contributed by atoms with E-state index >= 15 is 0 Å². The standard InChI is InChI=1S/C27H42O4/c1-15-13-23(29)25(31-14-15)16(2)18-7-8-19-17-5-6-21-24(30)22(28)10-12-27(21,4)20(17)9-11-26(18,19)3/h15-22,25,28H,5-14H2,1-4H3/t15-,16+,17+,18-,19+,20+,21+,22+,25-,26-,27-/m1/s1. The zero-order chi connectivity index (χ0) is 22.1. The van der Waals surface area contributed by atoms with E-state index in [1.807, 2.05) is 0 Å². The Balaban J connectivity index is 1.36. The van der Waals surface area contributed by atoms with Crippen molar-refractivity contribution in [1.29, 1.82) is 0 Å². The lowest BCUT2D eigenvalue weighted by molar-refractivity contribution is -0.162. The van der Waals surface area contributed by atoms with Gasteiger partial charge in [-0.05, 0) is 97.7 Å². The normalized spacial score (nSPS) is 53.5. The lowest BCUT2D eigenvalue weighted by Gasteiger charge is -2.60. The molecular weight excluding hydrogens is 388 g/mol.